The molecule has 0 saturated carbocycles. The summed E-state index contributed by atoms with van der Waals surface area (Å²) in [5.74, 6) is -0.380. The van der Waals surface area contributed by atoms with E-state index in [0.717, 1.165) is 5.56 Å². The van der Waals surface area contributed by atoms with Crippen LogP contribution in [0.3, 0.4) is 0 Å². The van der Waals surface area contributed by atoms with Crippen LogP contribution in [0, 0.1) is 15.9 Å². The zero-order chi connectivity index (χ0) is 16.7. The number of nitro benzene ring substituents is 1. The summed E-state index contributed by atoms with van der Waals surface area (Å²) in [7, 11) is 0. The van der Waals surface area contributed by atoms with Gasteiger partial charge in [0, 0.05) is 12.6 Å². The zero-order valence-corrected chi connectivity index (χ0v) is 12.2. The van der Waals surface area contributed by atoms with Crippen molar-refractivity contribution in [3.05, 3.63) is 70.0 Å². The van der Waals surface area contributed by atoms with Gasteiger partial charge < -0.3 is 10.1 Å². The van der Waals surface area contributed by atoms with Crippen LogP contribution in [0.15, 0.2) is 48.5 Å². The third kappa shape index (κ3) is 5.39. The molecule has 1 N–H and O–H groups in total. The molecule has 0 radical (unpaired) electrons. The molecule has 7 heteroatoms. The van der Waals surface area contributed by atoms with Crippen LogP contribution in [0.5, 0.6) is 5.75 Å². The second kappa shape index (κ2) is 7.88. The molecule has 2 aromatic carbocycles. The highest BCUT2D eigenvalue weighted by Gasteiger charge is 2.08. The summed E-state index contributed by atoms with van der Waals surface area (Å²) in [5.41, 5.74) is 0.811. The summed E-state index contributed by atoms with van der Waals surface area (Å²) >= 11 is 0. The summed E-state index contributed by atoms with van der Waals surface area (Å²) in [5, 5.41) is 13.3. The van der Waals surface area contributed by atoms with Gasteiger partial charge in [0.25, 0.3) is 11.6 Å². The maximum Gasteiger partial charge on any atom is 0.273 e. The molecule has 0 spiro atoms. The molecule has 0 heterocycles. The van der Waals surface area contributed by atoms with Crippen LogP contribution in [0.1, 0.15) is 5.56 Å². The molecule has 6 nitrogen and oxygen atoms in total. The highest BCUT2D eigenvalue weighted by Crippen LogP contribution is 2.18. The van der Waals surface area contributed by atoms with Crippen LogP contribution < -0.4 is 10.1 Å². The van der Waals surface area contributed by atoms with Gasteiger partial charge in [-0.25, -0.2) is 4.39 Å². The number of halogens is 1. The highest BCUT2D eigenvalue weighted by atomic mass is 19.1. The van der Waals surface area contributed by atoms with Gasteiger partial charge in [0.2, 0.25) is 0 Å². The Morgan fingerprint density at radius 1 is 1.22 bits per heavy atom. The number of nitrogens with zero attached hydrogens (tertiary/aromatic N) is 1. The topological polar surface area (TPSA) is 81.5 Å². The number of nitrogens with one attached hydrogen (secondary N) is 1. The fourth-order valence-electron chi connectivity index (χ4n) is 1.88. The SMILES string of the molecule is O=C(COc1cccc([N+](=O)[O-])c1)NCCc1ccc(F)cc1. The van der Waals surface area contributed by atoms with Crippen molar-refractivity contribution in [2.24, 2.45) is 0 Å². The van der Waals surface area contributed by atoms with Gasteiger partial charge in [0.1, 0.15) is 11.6 Å². The van der Waals surface area contributed by atoms with Gasteiger partial charge in [0.05, 0.1) is 11.0 Å². The Morgan fingerprint density at radius 2 is 1.96 bits per heavy atom. The fraction of sp³-hybridized carbons (Fsp3) is 0.188. The Bertz CT molecular complexity index is 689. The summed E-state index contributed by atoms with van der Waals surface area (Å²) < 4.78 is 18.0. The van der Waals surface area contributed by atoms with E-state index in [0.29, 0.717) is 13.0 Å². The lowest BCUT2D eigenvalue weighted by Crippen LogP contribution is -2.30. The first-order valence-electron chi connectivity index (χ1n) is 6.93. The Labute approximate surface area is 132 Å². The molecule has 0 aliphatic carbocycles. The first kappa shape index (κ1) is 16.4. The predicted octanol–water partition coefficient (Wildman–Crippen LogP) is 2.47. The number of rotatable bonds is 7. The number of carbonyl (C=O) groups is 1. The van der Waals surface area contributed by atoms with Crippen molar-refractivity contribution >= 4 is 11.6 Å². The molecule has 2 aromatic rings. The maximum atomic E-state index is 12.7. The molecule has 0 saturated heterocycles. The van der Waals surface area contributed by atoms with Gasteiger partial charge in [0.15, 0.2) is 6.61 Å². The second-order valence-electron chi connectivity index (χ2n) is 4.77. The molecule has 0 aliphatic heterocycles. The highest BCUT2D eigenvalue weighted by molar-refractivity contribution is 5.77. The summed E-state index contributed by atoms with van der Waals surface area (Å²) in [6.45, 7) is 0.160. The van der Waals surface area contributed by atoms with Crippen molar-refractivity contribution in [3.8, 4) is 5.75 Å². The van der Waals surface area contributed by atoms with Gasteiger partial charge in [-0.15, -0.1) is 0 Å². The largest absolute Gasteiger partial charge is 0.484 e. The van der Waals surface area contributed by atoms with Crippen molar-refractivity contribution in [2.45, 2.75) is 6.42 Å². The molecule has 120 valence electrons. The average molecular weight is 318 g/mol. The van der Waals surface area contributed by atoms with Gasteiger partial charge >= 0.3 is 0 Å². The quantitative estimate of drug-likeness (QED) is 0.628. The molecule has 1 amide bonds. The van der Waals surface area contributed by atoms with Crippen molar-refractivity contribution in [3.63, 3.8) is 0 Å². The summed E-state index contributed by atoms with van der Waals surface area (Å²) in [6, 6.07) is 11.7. The third-order valence-electron chi connectivity index (χ3n) is 3.05. The molecule has 0 unspecified atom stereocenters. The number of ether oxygens (including phenoxy) is 1. The molecule has 0 bridgehead atoms. The molecule has 0 aromatic heterocycles. The number of hydrogen-bond acceptors (Lipinski definition) is 4. The lowest BCUT2D eigenvalue weighted by Gasteiger charge is -2.07. The van der Waals surface area contributed by atoms with Gasteiger partial charge in [-0.3, -0.25) is 14.9 Å². The normalized spacial score (nSPS) is 10.1. The third-order valence-corrected chi connectivity index (χ3v) is 3.05. The van der Waals surface area contributed by atoms with Crippen LogP contribution in [0.2, 0.25) is 0 Å². The van der Waals surface area contributed by atoms with Crippen molar-refractivity contribution < 1.29 is 18.8 Å². The van der Waals surface area contributed by atoms with Crippen LogP contribution in [0.25, 0.3) is 0 Å². The van der Waals surface area contributed by atoms with E-state index in [1.54, 1.807) is 18.2 Å². The number of non-ortho nitro benzene ring substituents is 1. The maximum absolute atomic E-state index is 12.7. The molecular weight excluding hydrogens is 303 g/mol. The molecular formula is C16H15FN2O4. The Hall–Kier alpha value is -2.96. The number of hydrogen-bond donors (Lipinski definition) is 1. The fourth-order valence-corrected chi connectivity index (χ4v) is 1.88. The minimum absolute atomic E-state index is 0.0979. The van der Waals surface area contributed by atoms with Crippen LogP contribution in [0.4, 0.5) is 10.1 Å². The number of nitro groups is 1. The van der Waals surface area contributed by atoms with E-state index >= 15 is 0 Å². The minimum Gasteiger partial charge on any atom is -0.484 e. The first-order chi connectivity index (χ1) is 11.0. The molecule has 0 atom stereocenters. The van der Waals surface area contributed by atoms with E-state index in [1.807, 2.05) is 0 Å². The standard InChI is InChI=1S/C16H15FN2O4/c17-13-6-4-12(5-7-13)8-9-18-16(20)11-23-15-3-1-2-14(10-15)19(21)22/h1-7,10H,8-9,11H2,(H,18,20). The number of benzene rings is 2. The number of carbonyl (C=O) groups excluding carboxylic acids is 1. The van der Waals surface area contributed by atoms with Crippen LogP contribution >= 0.6 is 0 Å². The minimum atomic E-state index is -0.532. The lowest BCUT2D eigenvalue weighted by molar-refractivity contribution is -0.384. The smallest absolute Gasteiger partial charge is 0.273 e. The predicted molar refractivity (Wildman–Crippen MR) is 81.7 cm³/mol. The zero-order valence-electron chi connectivity index (χ0n) is 12.2. The summed E-state index contributed by atoms with van der Waals surface area (Å²) in [6.07, 6.45) is 0.572. The molecule has 0 aliphatic rings. The Morgan fingerprint density at radius 3 is 2.65 bits per heavy atom. The molecule has 2 rings (SSSR count). The Balaban J connectivity index is 1.73. The monoisotopic (exact) mass is 318 g/mol. The van der Waals surface area contributed by atoms with Crippen molar-refractivity contribution in [1.29, 1.82) is 0 Å². The van der Waals surface area contributed by atoms with E-state index in [2.05, 4.69) is 5.32 Å². The van der Waals surface area contributed by atoms with Gasteiger partial charge in [-0.1, -0.05) is 18.2 Å². The molecule has 23 heavy (non-hydrogen) atoms. The first-order valence-corrected chi connectivity index (χ1v) is 6.93. The van der Waals surface area contributed by atoms with E-state index in [4.69, 9.17) is 4.74 Å². The van der Waals surface area contributed by atoms with Gasteiger partial charge in [-0.05, 0) is 30.2 Å². The summed E-state index contributed by atoms with van der Waals surface area (Å²) in [4.78, 5) is 21.8. The van der Waals surface area contributed by atoms with E-state index in [9.17, 15) is 19.3 Å². The lowest BCUT2D eigenvalue weighted by atomic mass is 10.1. The number of amides is 1. The van der Waals surface area contributed by atoms with Crippen LogP contribution in [-0.2, 0) is 11.2 Å². The second-order valence-corrected chi connectivity index (χ2v) is 4.77. The average Bonchev–Trinajstić information content (AvgIpc) is 2.55. The van der Waals surface area contributed by atoms with E-state index < -0.39 is 4.92 Å². The van der Waals surface area contributed by atoms with Crippen LogP contribution in [-0.4, -0.2) is 24.0 Å². The van der Waals surface area contributed by atoms with E-state index in [1.165, 1.54) is 30.3 Å². The Kier molecular flexibility index (Phi) is 5.62. The molecule has 0 fully saturated rings. The van der Waals surface area contributed by atoms with Gasteiger partial charge in [-0.2, -0.15) is 0 Å². The van der Waals surface area contributed by atoms with Crippen molar-refractivity contribution in [1.82, 2.24) is 5.32 Å². The van der Waals surface area contributed by atoms with E-state index in [-0.39, 0.29) is 29.8 Å². The van der Waals surface area contributed by atoms with Crippen molar-refractivity contribution in [2.75, 3.05) is 13.2 Å².